The molecule has 0 spiro atoms. The van der Waals surface area contributed by atoms with Gasteiger partial charge in [-0.25, -0.2) is 13.6 Å². The van der Waals surface area contributed by atoms with E-state index in [-0.39, 0.29) is 5.75 Å². The highest BCUT2D eigenvalue weighted by atomic mass is 32.2. The normalized spacial score (nSPS) is 10.7. The average Bonchev–Trinajstić information content (AvgIpc) is 1.63. The first-order valence-electron chi connectivity index (χ1n) is 2.50. The predicted octanol–water partition coefficient (Wildman–Crippen LogP) is -0.312. The van der Waals surface area contributed by atoms with Crippen LogP contribution in [0.4, 0.5) is 0 Å². The van der Waals surface area contributed by atoms with Crippen LogP contribution in [-0.4, -0.2) is 14.2 Å². The summed E-state index contributed by atoms with van der Waals surface area (Å²) in [5, 5.41) is 4.68. The highest BCUT2D eigenvalue weighted by Gasteiger charge is 1.98. The molecule has 0 aliphatic heterocycles. The van der Waals surface area contributed by atoms with Gasteiger partial charge in [-0.3, -0.25) is 0 Å². The number of primary sulfonamides is 1. The van der Waals surface area contributed by atoms with Gasteiger partial charge in [0.25, 0.3) is 0 Å². The summed E-state index contributed by atoms with van der Waals surface area (Å²) in [5.41, 5.74) is 0. The Morgan fingerprint density at radius 1 is 1.56 bits per heavy atom. The van der Waals surface area contributed by atoms with E-state index < -0.39 is 10.0 Å². The third kappa shape index (κ3) is 7.47. The van der Waals surface area contributed by atoms with E-state index in [1.807, 2.05) is 0 Å². The van der Waals surface area contributed by atoms with Crippen molar-refractivity contribution in [3.63, 3.8) is 0 Å². The van der Waals surface area contributed by atoms with E-state index in [4.69, 9.17) is 6.42 Å². The molecule has 0 bridgehead atoms. The van der Waals surface area contributed by atoms with Crippen molar-refractivity contribution in [2.75, 3.05) is 5.75 Å². The average molecular weight is 147 g/mol. The fraction of sp³-hybridized carbons (Fsp3) is 0.600. The lowest BCUT2D eigenvalue weighted by Crippen LogP contribution is -2.15. The van der Waals surface area contributed by atoms with Crippen LogP contribution in [0.15, 0.2) is 0 Å². The molecule has 0 fully saturated rings. The summed E-state index contributed by atoms with van der Waals surface area (Å²) in [6.45, 7) is 0. The lowest BCUT2D eigenvalue weighted by atomic mass is 10.4. The number of rotatable bonds is 3. The maximum Gasteiger partial charge on any atom is 0.209 e. The quantitative estimate of drug-likeness (QED) is 0.439. The van der Waals surface area contributed by atoms with Crippen LogP contribution in [0.2, 0.25) is 0 Å². The molecule has 0 aliphatic carbocycles. The van der Waals surface area contributed by atoms with E-state index in [0.29, 0.717) is 12.8 Å². The Morgan fingerprint density at radius 3 is 2.44 bits per heavy atom. The van der Waals surface area contributed by atoms with Crippen LogP contribution in [-0.2, 0) is 10.0 Å². The number of unbranched alkanes of at least 4 members (excludes halogenated alkanes) is 1. The molecule has 4 heteroatoms. The van der Waals surface area contributed by atoms with Gasteiger partial charge in [0.05, 0.1) is 5.75 Å². The summed E-state index contributed by atoms with van der Waals surface area (Å²) in [5.74, 6) is 2.30. The molecule has 9 heavy (non-hydrogen) atoms. The van der Waals surface area contributed by atoms with Gasteiger partial charge in [0.15, 0.2) is 0 Å². The number of sulfonamides is 1. The van der Waals surface area contributed by atoms with E-state index in [0.717, 1.165) is 0 Å². The van der Waals surface area contributed by atoms with E-state index in [2.05, 4.69) is 11.1 Å². The first-order chi connectivity index (χ1) is 4.06. The molecular weight excluding hydrogens is 138 g/mol. The number of nitrogens with two attached hydrogens (primary N) is 1. The molecule has 0 saturated carbocycles. The number of hydrogen-bond acceptors (Lipinski definition) is 2. The Labute approximate surface area is 55.3 Å². The molecule has 0 radical (unpaired) electrons. The lowest BCUT2D eigenvalue weighted by Gasteiger charge is -1.91. The Hall–Kier alpha value is -0.530. The smallest absolute Gasteiger partial charge is 0.209 e. The summed E-state index contributed by atoms with van der Waals surface area (Å²) in [6.07, 6.45) is 5.79. The van der Waals surface area contributed by atoms with Crippen molar-refractivity contribution < 1.29 is 8.42 Å². The van der Waals surface area contributed by atoms with Gasteiger partial charge in [-0.1, -0.05) is 0 Å². The van der Waals surface area contributed by atoms with Crippen LogP contribution < -0.4 is 5.14 Å². The van der Waals surface area contributed by atoms with Gasteiger partial charge in [0.2, 0.25) is 10.0 Å². The van der Waals surface area contributed by atoms with Crippen LogP contribution in [0.3, 0.4) is 0 Å². The van der Waals surface area contributed by atoms with Crippen molar-refractivity contribution in [3.05, 3.63) is 0 Å². The molecule has 0 atom stereocenters. The fourth-order valence-corrected chi connectivity index (χ4v) is 0.922. The SMILES string of the molecule is C#CCCCS(N)(=O)=O. The van der Waals surface area contributed by atoms with Gasteiger partial charge < -0.3 is 0 Å². The zero-order chi connectivity index (χ0) is 7.33. The van der Waals surface area contributed by atoms with Crippen LogP contribution in [0.5, 0.6) is 0 Å². The third-order valence-corrected chi connectivity index (χ3v) is 1.61. The van der Waals surface area contributed by atoms with E-state index in [9.17, 15) is 8.42 Å². The molecule has 0 aromatic heterocycles. The van der Waals surface area contributed by atoms with Crippen LogP contribution in [0, 0.1) is 12.3 Å². The van der Waals surface area contributed by atoms with Crippen LogP contribution in [0.1, 0.15) is 12.8 Å². The molecule has 2 N–H and O–H groups in total. The van der Waals surface area contributed by atoms with Gasteiger partial charge in [0.1, 0.15) is 0 Å². The Bertz CT molecular complexity index is 199. The van der Waals surface area contributed by atoms with Crippen molar-refractivity contribution in [2.24, 2.45) is 5.14 Å². The number of terminal acetylenes is 1. The standard InChI is InChI=1S/C5H9NO2S/c1-2-3-4-5-9(6,7)8/h1H,3-5H2,(H2,6,7,8). The van der Waals surface area contributed by atoms with E-state index in [1.54, 1.807) is 0 Å². The Balaban J connectivity index is 3.44. The van der Waals surface area contributed by atoms with Crippen molar-refractivity contribution in [2.45, 2.75) is 12.8 Å². The van der Waals surface area contributed by atoms with E-state index >= 15 is 0 Å². The molecule has 0 heterocycles. The molecule has 0 saturated heterocycles. The summed E-state index contributed by atoms with van der Waals surface area (Å²) < 4.78 is 20.4. The second kappa shape index (κ2) is 3.49. The molecule has 52 valence electrons. The maximum absolute atomic E-state index is 10.2. The zero-order valence-corrected chi connectivity index (χ0v) is 5.82. The highest BCUT2D eigenvalue weighted by molar-refractivity contribution is 7.89. The van der Waals surface area contributed by atoms with Gasteiger partial charge >= 0.3 is 0 Å². The Morgan fingerprint density at radius 2 is 2.11 bits per heavy atom. The van der Waals surface area contributed by atoms with Crippen LogP contribution >= 0.6 is 0 Å². The lowest BCUT2D eigenvalue weighted by molar-refractivity contribution is 0.595. The van der Waals surface area contributed by atoms with Crippen molar-refractivity contribution in [3.8, 4) is 12.3 Å². The fourth-order valence-electron chi connectivity index (χ4n) is 0.375. The topological polar surface area (TPSA) is 60.2 Å². The van der Waals surface area contributed by atoms with Gasteiger partial charge in [-0.2, -0.15) is 0 Å². The van der Waals surface area contributed by atoms with Gasteiger partial charge in [0, 0.05) is 6.42 Å². The summed E-state index contributed by atoms with van der Waals surface area (Å²) in [6, 6.07) is 0. The Kier molecular flexibility index (Phi) is 3.28. The molecular formula is C5H9NO2S. The minimum absolute atomic E-state index is 0.0167. The minimum Gasteiger partial charge on any atom is -0.229 e. The zero-order valence-electron chi connectivity index (χ0n) is 5.00. The second-order valence-electron chi connectivity index (χ2n) is 1.67. The molecule has 0 unspecified atom stereocenters. The second-order valence-corrected chi connectivity index (χ2v) is 3.41. The monoisotopic (exact) mass is 147 g/mol. The molecule has 0 aromatic rings. The molecule has 3 nitrogen and oxygen atoms in total. The molecule has 0 aliphatic rings. The third-order valence-electron chi connectivity index (χ3n) is 0.750. The van der Waals surface area contributed by atoms with Crippen LogP contribution in [0.25, 0.3) is 0 Å². The largest absolute Gasteiger partial charge is 0.229 e. The summed E-state index contributed by atoms with van der Waals surface area (Å²) in [7, 11) is -3.29. The van der Waals surface area contributed by atoms with E-state index in [1.165, 1.54) is 0 Å². The highest BCUT2D eigenvalue weighted by Crippen LogP contribution is 1.88. The van der Waals surface area contributed by atoms with Gasteiger partial charge in [-0.15, -0.1) is 12.3 Å². The van der Waals surface area contributed by atoms with Crippen molar-refractivity contribution in [1.29, 1.82) is 0 Å². The molecule has 0 rings (SSSR count). The maximum atomic E-state index is 10.2. The summed E-state index contributed by atoms with van der Waals surface area (Å²) >= 11 is 0. The first kappa shape index (κ1) is 8.47. The minimum atomic E-state index is -3.29. The number of hydrogen-bond donors (Lipinski definition) is 1. The van der Waals surface area contributed by atoms with Crippen molar-refractivity contribution in [1.82, 2.24) is 0 Å². The first-order valence-corrected chi connectivity index (χ1v) is 4.22. The predicted molar refractivity (Wildman–Crippen MR) is 36.0 cm³/mol. The van der Waals surface area contributed by atoms with Crippen molar-refractivity contribution >= 4 is 10.0 Å². The summed E-state index contributed by atoms with van der Waals surface area (Å²) in [4.78, 5) is 0. The molecule has 0 aromatic carbocycles. The molecule has 0 amide bonds. The van der Waals surface area contributed by atoms with Gasteiger partial charge in [-0.05, 0) is 6.42 Å².